The molecule has 21 heavy (non-hydrogen) atoms. The molecule has 1 aliphatic heterocycles. The largest absolute Gasteiger partial charge is 0.481 e. The smallest absolute Gasteiger partial charge is 0.416 e. The summed E-state index contributed by atoms with van der Waals surface area (Å²) in [4.78, 5) is 24.2. The number of rotatable bonds is 3. The van der Waals surface area contributed by atoms with Crippen molar-refractivity contribution in [3.05, 3.63) is 35.4 Å². The van der Waals surface area contributed by atoms with Gasteiger partial charge < -0.3 is 10.0 Å². The molecule has 1 aromatic rings. The van der Waals surface area contributed by atoms with Gasteiger partial charge in [-0.05, 0) is 24.1 Å². The van der Waals surface area contributed by atoms with Gasteiger partial charge in [-0.25, -0.2) is 0 Å². The Labute approximate surface area is 119 Å². The van der Waals surface area contributed by atoms with Crippen molar-refractivity contribution in [1.29, 1.82) is 0 Å². The van der Waals surface area contributed by atoms with Crippen LogP contribution in [0, 0.1) is 11.8 Å². The average molecular weight is 301 g/mol. The van der Waals surface area contributed by atoms with Gasteiger partial charge in [-0.1, -0.05) is 12.1 Å². The summed E-state index contributed by atoms with van der Waals surface area (Å²) in [5, 5.41) is 9.10. The van der Waals surface area contributed by atoms with Crippen molar-refractivity contribution in [2.75, 3.05) is 13.6 Å². The van der Waals surface area contributed by atoms with Crippen LogP contribution in [0.15, 0.2) is 24.3 Å². The van der Waals surface area contributed by atoms with Crippen molar-refractivity contribution in [2.45, 2.75) is 12.6 Å². The molecule has 0 saturated carbocycles. The van der Waals surface area contributed by atoms with E-state index in [9.17, 15) is 22.8 Å². The molecule has 7 heteroatoms. The molecule has 0 bridgehead atoms. The minimum absolute atomic E-state index is 0.255. The maximum Gasteiger partial charge on any atom is 0.416 e. The summed E-state index contributed by atoms with van der Waals surface area (Å²) < 4.78 is 37.4. The predicted octanol–water partition coefficient (Wildman–Crippen LogP) is 2.04. The molecule has 114 valence electrons. The number of carboxylic acids is 1. The Morgan fingerprint density at radius 1 is 1.33 bits per heavy atom. The van der Waals surface area contributed by atoms with Crippen LogP contribution >= 0.6 is 0 Å². The maximum absolute atomic E-state index is 12.5. The first kappa shape index (κ1) is 15.3. The highest BCUT2D eigenvalue weighted by Crippen LogP contribution is 2.31. The molecule has 0 aromatic heterocycles. The molecule has 4 nitrogen and oxygen atoms in total. The molecular weight excluding hydrogens is 287 g/mol. The van der Waals surface area contributed by atoms with Gasteiger partial charge in [0, 0.05) is 19.5 Å². The first-order valence-corrected chi connectivity index (χ1v) is 6.34. The molecule has 1 amide bonds. The second kappa shape index (κ2) is 5.38. The number of nitrogens with zero attached hydrogens (tertiary/aromatic N) is 1. The third-order valence-electron chi connectivity index (χ3n) is 3.67. The van der Waals surface area contributed by atoms with Gasteiger partial charge in [0.05, 0.1) is 5.56 Å². The fourth-order valence-corrected chi connectivity index (χ4v) is 2.61. The summed E-state index contributed by atoms with van der Waals surface area (Å²) in [5.41, 5.74) is -0.164. The van der Waals surface area contributed by atoms with E-state index in [1.54, 1.807) is 0 Å². The van der Waals surface area contributed by atoms with E-state index in [4.69, 9.17) is 5.11 Å². The van der Waals surface area contributed by atoms with Gasteiger partial charge >= 0.3 is 12.1 Å². The summed E-state index contributed by atoms with van der Waals surface area (Å²) in [6.07, 6.45) is -4.14. The monoisotopic (exact) mass is 301 g/mol. The summed E-state index contributed by atoms with van der Waals surface area (Å²) in [6.45, 7) is 0.289. The molecule has 0 spiro atoms. The van der Waals surface area contributed by atoms with E-state index in [2.05, 4.69) is 0 Å². The zero-order valence-electron chi connectivity index (χ0n) is 11.2. The van der Waals surface area contributed by atoms with Gasteiger partial charge in [0.25, 0.3) is 0 Å². The molecule has 2 atom stereocenters. The number of hydrogen-bond donors (Lipinski definition) is 1. The number of likely N-dealkylation sites (tertiary alicyclic amines) is 1. The summed E-state index contributed by atoms with van der Waals surface area (Å²) in [7, 11) is 1.52. The first-order chi connectivity index (χ1) is 9.70. The van der Waals surface area contributed by atoms with Crippen LogP contribution in [0.5, 0.6) is 0 Å². The molecule has 1 aliphatic rings. The highest BCUT2D eigenvalue weighted by atomic mass is 19.4. The fraction of sp³-hybridized carbons (Fsp3) is 0.429. The SMILES string of the molecule is CN1C[C@@H](Cc2ccc(C(F)(F)F)cc2)[C@@H](C(=O)O)C1=O. The minimum Gasteiger partial charge on any atom is -0.481 e. The Morgan fingerprint density at radius 3 is 2.38 bits per heavy atom. The van der Waals surface area contributed by atoms with Crippen LogP contribution in [0.3, 0.4) is 0 Å². The van der Waals surface area contributed by atoms with Crippen LogP contribution in [-0.4, -0.2) is 35.5 Å². The molecule has 1 aromatic carbocycles. The van der Waals surface area contributed by atoms with Crippen LogP contribution in [0.2, 0.25) is 0 Å². The van der Waals surface area contributed by atoms with Gasteiger partial charge in [0.1, 0.15) is 5.92 Å². The van der Waals surface area contributed by atoms with Gasteiger partial charge in [0.2, 0.25) is 5.91 Å². The van der Waals surface area contributed by atoms with E-state index in [1.807, 2.05) is 0 Å². The van der Waals surface area contributed by atoms with Crippen LogP contribution < -0.4 is 0 Å². The van der Waals surface area contributed by atoms with E-state index in [1.165, 1.54) is 24.1 Å². The molecule has 1 fully saturated rings. The fourth-order valence-electron chi connectivity index (χ4n) is 2.61. The second-order valence-corrected chi connectivity index (χ2v) is 5.19. The lowest BCUT2D eigenvalue weighted by molar-refractivity contribution is -0.148. The van der Waals surface area contributed by atoms with E-state index < -0.39 is 35.5 Å². The number of hydrogen-bond acceptors (Lipinski definition) is 2. The Balaban J connectivity index is 2.14. The quantitative estimate of drug-likeness (QED) is 0.869. The van der Waals surface area contributed by atoms with Crippen LogP contribution in [0.4, 0.5) is 13.2 Å². The Bertz CT molecular complexity index is 554. The van der Waals surface area contributed by atoms with Crippen molar-refractivity contribution < 1.29 is 27.9 Å². The molecule has 0 unspecified atom stereocenters. The van der Waals surface area contributed by atoms with Gasteiger partial charge in [-0.15, -0.1) is 0 Å². The third kappa shape index (κ3) is 3.17. The molecule has 1 heterocycles. The third-order valence-corrected chi connectivity index (χ3v) is 3.67. The zero-order chi connectivity index (χ0) is 15.8. The summed E-state index contributed by atoms with van der Waals surface area (Å²) >= 11 is 0. The molecule has 0 radical (unpaired) electrons. The van der Waals surface area contributed by atoms with E-state index in [0.717, 1.165) is 12.1 Å². The lowest BCUT2D eigenvalue weighted by Crippen LogP contribution is -2.29. The highest BCUT2D eigenvalue weighted by molar-refractivity contribution is 5.98. The Kier molecular flexibility index (Phi) is 3.93. The normalized spacial score (nSPS) is 22.7. The van der Waals surface area contributed by atoms with Crippen LogP contribution in [-0.2, 0) is 22.2 Å². The van der Waals surface area contributed by atoms with Crippen LogP contribution in [0.1, 0.15) is 11.1 Å². The zero-order valence-corrected chi connectivity index (χ0v) is 11.2. The lowest BCUT2D eigenvalue weighted by Gasteiger charge is -2.14. The summed E-state index contributed by atoms with van der Waals surface area (Å²) in [5.74, 6) is -3.21. The van der Waals surface area contributed by atoms with Gasteiger partial charge in [-0.3, -0.25) is 9.59 Å². The van der Waals surface area contributed by atoms with Crippen LogP contribution in [0.25, 0.3) is 0 Å². The topological polar surface area (TPSA) is 57.6 Å². The number of alkyl halides is 3. The average Bonchev–Trinajstić information content (AvgIpc) is 2.64. The minimum atomic E-state index is -4.40. The van der Waals surface area contributed by atoms with E-state index in [-0.39, 0.29) is 13.0 Å². The van der Waals surface area contributed by atoms with Crippen molar-refractivity contribution in [2.24, 2.45) is 11.8 Å². The number of amides is 1. The molecule has 2 rings (SSSR count). The number of benzene rings is 1. The Hall–Kier alpha value is -2.05. The van der Waals surface area contributed by atoms with Crippen molar-refractivity contribution in [1.82, 2.24) is 4.90 Å². The maximum atomic E-state index is 12.5. The standard InChI is InChI=1S/C14H14F3NO3/c1-18-7-9(11(12(18)19)13(20)21)6-8-2-4-10(5-3-8)14(15,16)17/h2-5,9,11H,6-7H2,1H3,(H,20,21)/t9-,11-/m1/s1. The number of carbonyl (C=O) groups excluding carboxylic acids is 1. The molecular formula is C14H14F3NO3. The molecule has 1 N–H and O–H groups in total. The van der Waals surface area contributed by atoms with Crippen molar-refractivity contribution in [3.8, 4) is 0 Å². The highest BCUT2D eigenvalue weighted by Gasteiger charge is 2.43. The second-order valence-electron chi connectivity index (χ2n) is 5.19. The number of carbonyl (C=O) groups is 2. The van der Waals surface area contributed by atoms with Gasteiger partial charge in [0.15, 0.2) is 0 Å². The predicted molar refractivity (Wildman–Crippen MR) is 67.4 cm³/mol. The summed E-state index contributed by atoms with van der Waals surface area (Å²) in [6, 6.07) is 4.58. The number of carboxylic acid groups (broad SMARTS) is 1. The van der Waals surface area contributed by atoms with E-state index >= 15 is 0 Å². The van der Waals surface area contributed by atoms with Crippen molar-refractivity contribution >= 4 is 11.9 Å². The van der Waals surface area contributed by atoms with E-state index in [0.29, 0.717) is 5.56 Å². The van der Waals surface area contributed by atoms with Gasteiger partial charge in [-0.2, -0.15) is 13.2 Å². The van der Waals surface area contributed by atoms with Crippen molar-refractivity contribution in [3.63, 3.8) is 0 Å². The Morgan fingerprint density at radius 2 is 1.90 bits per heavy atom. The lowest BCUT2D eigenvalue weighted by atomic mass is 9.89. The number of aliphatic carboxylic acids is 1. The molecule has 0 aliphatic carbocycles. The molecule has 1 saturated heterocycles. The number of halogens is 3. The first-order valence-electron chi connectivity index (χ1n) is 6.34.